The summed E-state index contributed by atoms with van der Waals surface area (Å²) in [6.07, 6.45) is 21.3. The largest absolute Gasteiger partial charge is 0.509 e. The van der Waals surface area contributed by atoms with E-state index in [-0.39, 0.29) is 6.42 Å². The van der Waals surface area contributed by atoms with Crippen molar-refractivity contribution in [1.29, 1.82) is 0 Å². The molecule has 4 heteroatoms. The van der Waals surface area contributed by atoms with Crippen LogP contribution < -0.4 is 0 Å². The standard InChI is InChI=1S/C28H44O4/c1-2-3-4-5-6-7-8-9-10-11-12-13-14-15-19-22-26(30)28(32,24-29)27(31)23-25-20-17-16-18-21-25/h9-10,16-18,20-21,23,29,31-32H,2-8,11-15,19,22,24H2,1H3. The topological polar surface area (TPSA) is 77.8 Å². The van der Waals surface area contributed by atoms with Crippen molar-refractivity contribution in [1.82, 2.24) is 0 Å². The molecule has 0 aliphatic rings. The second-order valence-corrected chi connectivity index (χ2v) is 8.72. The predicted molar refractivity (Wildman–Crippen MR) is 134 cm³/mol. The second kappa shape index (κ2) is 17.6. The van der Waals surface area contributed by atoms with Gasteiger partial charge >= 0.3 is 0 Å². The molecule has 1 unspecified atom stereocenters. The quantitative estimate of drug-likeness (QED) is 0.123. The minimum Gasteiger partial charge on any atom is -0.509 e. The Morgan fingerprint density at radius 3 is 1.94 bits per heavy atom. The summed E-state index contributed by atoms with van der Waals surface area (Å²) in [4.78, 5) is 12.4. The van der Waals surface area contributed by atoms with Gasteiger partial charge in [0.2, 0.25) is 5.60 Å². The average Bonchev–Trinajstić information content (AvgIpc) is 2.81. The molecule has 1 aromatic carbocycles. The number of benzene rings is 1. The van der Waals surface area contributed by atoms with Gasteiger partial charge in [-0.1, -0.05) is 101 Å². The van der Waals surface area contributed by atoms with Crippen molar-refractivity contribution >= 4 is 11.9 Å². The molecular formula is C28H44O4. The molecule has 0 radical (unpaired) electrons. The summed E-state index contributed by atoms with van der Waals surface area (Å²) in [5, 5.41) is 30.3. The molecule has 1 aromatic rings. The average molecular weight is 445 g/mol. The Morgan fingerprint density at radius 1 is 0.844 bits per heavy atom. The zero-order valence-corrected chi connectivity index (χ0v) is 20.0. The zero-order valence-electron chi connectivity index (χ0n) is 20.0. The number of ketones is 1. The molecular weight excluding hydrogens is 400 g/mol. The van der Waals surface area contributed by atoms with E-state index in [1.165, 1.54) is 51.0 Å². The van der Waals surface area contributed by atoms with E-state index < -0.39 is 23.8 Å². The van der Waals surface area contributed by atoms with E-state index in [2.05, 4.69) is 19.1 Å². The van der Waals surface area contributed by atoms with Gasteiger partial charge in [0.15, 0.2) is 5.78 Å². The Kier molecular flexibility index (Phi) is 15.5. The Hall–Kier alpha value is -1.91. The molecule has 1 atom stereocenters. The van der Waals surface area contributed by atoms with Gasteiger partial charge in [0, 0.05) is 6.42 Å². The van der Waals surface area contributed by atoms with E-state index in [4.69, 9.17) is 0 Å². The van der Waals surface area contributed by atoms with E-state index in [1.54, 1.807) is 24.3 Å². The minimum absolute atomic E-state index is 0.141. The maximum Gasteiger partial charge on any atom is 0.202 e. The van der Waals surface area contributed by atoms with E-state index in [0.717, 1.165) is 32.1 Å². The van der Waals surface area contributed by atoms with Crippen LogP contribution in [0.4, 0.5) is 0 Å². The molecule has 32 heavy (non-hydrogen) atoms. The molecule has 0 fully saturated rings. The summed E-state index contributed by atoms with van der Waals surface area (Å²) in [5.41, 5.74) is -1.57. The Bertz CT molecular complexity index is 665. The molecule has 0 spiro atoms. The summed E-state index contributed by atoms with van der Waals surface area (Å²) in [5.74, 6) is -1.05. The summed E-state index contributed by atoms with van der Waals surface area (Å²) in [7, 11) is 0. The van der Waals surface area contributed by atoms with Crippen molar-refractivity contribution in [2.45, 2.75) is 102 Å². The van der Waals surface area contributed by atoms with Gasteiger partial charge in [-0.15, -0.1) is 0 Å². The fourth-order valence-electron chi connectivity index (χ4n) is 3.70. The number of hydrogen-bond donors (Lipinski definition) is 3. The van der Waals surface area contributed by atoms with Crippen LogP contribution in [0.1, 0.15) is 102 Å². The van der Waals surface area contributed by atoms with Crippen LogP contribution in [0.2, 0.25) is 0 Å². The Morgan fingerprint density at radius 2 is 1.38 bits per heavy atom. The molecule has 0 aliphatic heterocycles. The van der Waals surface area contributed by atoms with Gasteiger partial charge in [-0.3, -0.25) is 4.79 Å². The van der Waals surface area contributed by atoms with Gasteiger partial charge in [-0.2, -0.15) is 0 Å². The Labute approximate surface area is 195 Å². The normalized spacial score (nSPS) is 14.0. The first-order valence-corrected chi connectivity index (χ1v) is 12.5. The minimum atomic E-state index is -2.23. The van der Waals surface area contributed by atoms with Gasteiger partial charge in [-0.25, -0.2) is 0 Å². The molecule has 0 amide bonds. The third-order valence-electron chi connectivity index (χ3n) is 5.88. The Balaban J connectivity index is 2.15. The summed E-state index contributed by atoms with van der Waals surface area (Å²) < 4.78 is 0. The van der Waals surface area contributed by atoms with Crippen molar-refractivity contribution in [2.24, 2.45) is 0 Å². The highest BCUT2D eigenvalue weighted by Gasteiger charge is 2.39. The van der Waals surface area contributed by atoms with Crippen LogP contribution in [0.5, 0.6) is 0 Å². The molecule has 0 aliphatic carbocycles. The maximum atomic E-state index is 12.4. The van der Waals surface area contributed by atoms with Gasteiger partial charge in [0.05, 0.1) is 6.61 Å². The number of hydrogen-bond acceptors (Lipinski definition) is 4. The van der Waals surface area contributed by atoms with Crippen LogP contribution in [0.3, 0.4) is 0 Å². The number of carbonyl (C=O) groups is 1. The van der Waals surface area contributed by atoms with Crippen molar-refractivity contribution < 1.29 is 20.1 Å². The van der Waals surface area contributed by atoms with Gasteiger partial charge in [-0.05, 0) is 43.7 Å². The second-order valence-electron chi connectivity index (χ2n) is 8.72. The highest BCUT2D eigenvalue weighted by atomic mass is 16.4. The SMILES string of the molecule is CCCCCCCCC=CCCCCCCCC(=O)C(O)(CO)C(O)=Cc1ccccc1. The predicted octanol–water partition coefficient (Wildman–Crippen LogP) is 6.92. The lowest BCUT2D eigenvalue weighted by Gasteiger charge is -2.23. The van der Waals surface area contributed by atoms with E-state index in [9.17, 15) is 20.1 Å². The highest BCUT2D eigenvalue weighted by Crippen LogP contribution is 2.22. The number of allylic oxidation sites excluding steroid dienone is 2. The smallest absolute Gasteiger partial charge is 0.202 e. The molecule has 3 N–H and O–H groups in total. The summed E-state index contributed by atoms with van der Waals surface area (Å²) >= 11 is 0. The monoisotopic (exact) mass is 444 g/mol. The molecule has 0 bridgehead atoms. The zero-order chi connectivity index (χ0) is 23.5. The number of aliphatic hydroxyl groups excluding tert-OH is 2. The van der Waals surface area contributed by atoms with Crippen molar-refractivity contribution in [3.63, 3.8) is 0 Å². The van der Waals surface area contributed by atoms with Crippen LogP contribution in [0.25, 0.3) is 6.08 Å². The summed E-state index contributed by atoms with van der Waals surface area (Å²) in [6, 6.07) is 8.93. The number of Topliss-reactive ketones (excluding diaryl/α,β-unsaturated/α-hetero) is 1. The number of rotatable bonds is 19. The first kappa shape index (κ1) is 28.1. The van der Waals surface area contributed by atoms with Crippen molar-refractivity contribution in [3.05, 3.63) is 53.8 Å². The lowest BCUT2D eigenvalue weighted by molar-refractivity contribution is -0.140. The third-order valence-corrected chi connectivity index (χ3v) is 5.88. The lowest BCUT2D eigenvalue weighted by Crippen LogP contribution is -2.44. The third kappa shape index (κ3) is 11.6. The summed E-state index contributed by atoms with van der Waals surface area (Å²) in [6.45, 7) is 1.42. The van der Waals surface area contributed by atoms with Crippen LogP contribution in [0, 0.1) is 0 Å². The van der Waals surface area contributed by atoms with Crippen LogP contribution >= 0.6 is 0 Å². The number of aliphatic hydroxyl groups is 3. The van der Waals surface area contributed by atoms with Crippen LogP contribution in [0.15, 0.2) is 48.2 Å². The maximum absolute atomic E-state index is 12.4. The highest BCUT2D eigenvalue weighted by molar-refractivity contribution is 5.91. The molecule has 0 saturated heterocycles. The molecule has 0 heterocycles. The van der Waals surface area contributed by atoms with Gasteiger partial charge in [0.25, 0.3) is 0 Å². The number of unbranched alkanes of at least 4 members (excludes halogenated alkanes) is 11. The lowest BCUT2D eigenvalue weighted by atomic mass is 9.91. The molecule has 0 aromatic heterocycles. The fraction of sp³-hybridized carbons (Fsp3) is 0.607. The van der Waals surface area contributed by atoms with Crippen molar-refractivity contribution in [2.75, 3.05) is 6.61 Å². The molecule has 180 valence electrons. The van der Waals surface area contributed by atoms with Crippen molar-refractivity contribution in [3.8, 4) is 0 Å². The van der Waals surface area contributed by atoms with E-state index in [0.29, 0.717) is 12.0 Å². The molecule has 0 saturated carbocycles. The first-order chi connectivity index (χ1) is 15.5. The van der Waals surface area contributed by atoms with Crippen LogP contribution in [-0.4, -0.2) is 33.3 Å². The van der Waals surface area contributed by atoms with Crippen LogP contribution in [-0.2, 0) is 4.79 Å². The molecule has 4 nitrogen and oxygen atoms in total. The van der Waals surface area contributed by atoms with Gasteiger partial charge in [0.1, 0.15) is 5.76 Å². The van der Waals surface area contributed by atoms with Gasteiger partial charge < -0.3 is 15.3 Å². The van der Waals surface area contributed by atoms with E-state index in [1.807, 2.05) is 6.07 Å². The van der Waals surface area contributed by atoms with E-state index >= 15 is 0 Å². The number of carbonyl (C=O) groups excluding carboxylic acids is 1. The first-order valence-electron chi connectivity index (χ1n) is 12.5. The molecule has 1 rings (SSSR count). The fourth-order valence-corrected chi connectivity index (χ4v) is 3.70.